The first-order valence-electron chi connectivity index (χ1n) is 3.41. The highest BCUT2D eigenvalue weighted by Crippen LogP contribution is 2.45. The number of allylic oxidation sites excluding steroid dienone is 4. The van der Waals surface area contributed by atoms with Gasteiger partial charge in [0.05, 0.1) is 5.31 Å². The lowest BCUT2D eigenvalue weighted by Crippen LogP contribution is -1.80. The average Bonchev–Trinajstić information content (AvgIpc) is 1.87. The van der Waals surface area contributed by atoms with Crippen LogP contribution >= 0.6 is 7.60 Å². The van der Waals surface area contributed by atoms with Gasteiger partial charge in [0, 0.05) is 0 Å². The van der Waals surface area contributed by atoms with Crippen LogP contribution in [0.15, 0.2) is 23.5 Å². The molecule has 2 N–H and O–H groups in total. The van der Waals surface area contributed by atoms with Gasteiger partial charge in [-0.25, -0.2) is 0 Å². The first-order chi connectivity index (χ1) is 5.02. The molecule has 0 saturated heterocycles. The third kappa shape index (κ3) is 4.14. The Morgan fingerprint density at radius 2 is 2.09 bits per heavy atom. The zero-order valence-electron chi connectivity index (χ0n) is 6.69. The molecule has 0 unspecified atom stereocenters. The monoisotopic (exact) mass is 176 g/mol. The SMILES string of the molecule is C/C=C(\C=C/CC)P(=O)(O)O. The van der Waals surface area contributed by atoms with Crippen LogP contribution in [0.3, 0.4) is 0 Å². The Hall–Kier alpha value is -0.370. The summed E-state index contributed by atoms with van der Waals surface area (Å²) in [6, 6.07) is 0. The molecule has 0 rings (SSSR count). The van der Waals surface area contributed by atoms with Crippen molar-refractivity contribution in [3.63, 3.8) is 0 Å². The third-order valence-electron chi connectivity index (χ3n) is 1.16. The van der Waals surface area contributed by atoms with Crippen molar-refractivity contribution in [1.29, 1.82) is 0 Å². The summed E-state index contributed by atoms with van der Waals surface area (Å²) in [5.74, 6) is 0. The second-order valence-electron chi connectivity index (χ2n) is 2.07. The average molecular weight is 176 g/mol. The highest BCUT2D eigenvalue weighted by Gasteiger charge is 2.16. The van der Waals surface area contributed by atoms with Crippen LogP contribution in [0, 0.1) is 0 Å². The van der Waals surface area contributed by atoms with Gasteiger partial charge >= 0.3 is 7.60 Å². The van der Waals surface area contributed by atoms with E-state index in [-0.39, 0.29) is 5.31 Å². The zero-order chi connectivity index (χ0) is 8.91. The van der Waals surface area contributed by atoms with Gasteiger partial charge < -0.3 is 9.79 Å². The summed E-state index contributed by atoms with van der Waals surface area (Å²) in [5, 5.41) is 0.0827. The second kappa shape index (κ2) is 4.50. The second-order valence-corrected chi connectivity index (χ2v) is 3.67. The van der Waals surface area contributed by atoms with Gasteiger partial charge in [-0.15, -0.1) is 0 Å². The topological polar surface area (TPSA) is 57.5 Å². The molecular formula is C7H13O3P. The van der Waals surface area contributed by atoms with E-state index in [1.54, 1.807) is 13.0 Å². The smallest absolute Gasteiger partial charge is 0.321 e. The third-order valence-corrected chi connectivity index (χ3v) is 2.24. The van der Waals surface area contributed by atoms with Gasteiger partial charge in [-0.3, -0.25) is 4.57 Å². The van der Waals surface area contributed by atoms with Gasteiger partial charge in [0.25, 0.3) is 0 Å². The quantitative estimate of drug-likeness (QED) is 0.511. The van der Waals surface area contributed by atoms with Crippen molar-refractivity contribution >= 4 is 7.60 Å². The van der Waals surface area contributed by atoms with Gasteiger partial charge in [-0.1, -0.05) is 25.2 Å². The van der Waals surface area contributed by atoms with Crippen molar-refractivity contribution in [1.82, 2.24) is 0 Å². The van der Waals surface area contributed by atoms with Gasteiger partial charge in [0.2, 0.25) is 0 Å². The van der Waals surface area contributed by atoms with Gasteiger partial charge in [0.15, 0.2) is 0 Å². The maximum Gasteiger partial charge on any atom is 0.355 e. The minimum absolute atomic E-state index is 0.0827. The van der Waals surface area contributed by atoms with E-state index >= 15 is 0 Å². The molecular weight excluding hydrogens is 163 g/mol. The van der Waals surface area contributed by atoms with Crippen molar-refractivity contribution in [3.05, 3.63) is 23.5 Å². The van der Waals surface area contributed by atoms with E-state index in [4.69, 9.17) is 9.79 Å². The first-order valence-corrected chi connectivity index (χ1v) is 5.02. The first kappa shape index (κ1) is 10.6. The van der Waals surface area contributed by atoms with Crippen LogP contribution in [-0.2, 0) is 4.57 Å². The minimum Gasteiger partial charge on any atom is -0.321 e. The molecule has 0 amide bonds. The van der Waals surface area contributed by atoms with Crippen LogP contribution in [0.5, 0.6) is 0 Å². The highest BCUT2D eigenvalue weighted by atomic mass is 31.2. The molecule has 0 aliphatic carbocycles. The summed E-state index contributed by atoms with van der Waals surface area (Å²) in [6.45, 7) is 3.51. The summed E-state index contributed by atoms with van der Waals surface area (Å²) in [7, 11) is -4.03. The predicted molar refractivity (Wildman–Crippen MR) is 45.2 cm³/mol. The molecule has 0 aromatic rings. The molecule has 0 fully saturated rings. The van der Waals surface area contributed by atoms with E-state index in [1.165, 1.54) is 12.2 Å². The van der Waals surface area contributed by atoms with Crippen LogP contribution < -0.4 is 0 Å². The molecule has 0 aliphatic rings. The van der Waals surface area contributed by atoms with Crippen LogP contribution in [0.2, 0.25) is 0 Å². The Labute approximate surface area is 66.6 Å². The molecule has 0 saturated carbocycles. The highest BCUT2D eigenvalue weighted by molar-refractivity contribution is 7.56. The Bertz CT molecular complexity index is 212. The summed E-state index contributed by atoms with van der Waals surface area (Å²) < 4.78 is 10.6. The fourth-order valence-corrected chi connectivity index (χ4v) is 1.24. The molecule has 0 aromatic carbocycles. The van der Waals surface area contributed by atoms with Crippen LogP contribution in [0.1, 0.15) is 20.3 Å². The maximum atomic E-state index is 10.6. The molecule has 0 atom stereocenters. The van der Waals surface area contributed by atoms with Gasteiger partial charge in [-0.2, -0.15) is 0 Å². The fraction of sp³-hybridized carbons (Fsp3) is 0.429. The van der Waals surface area contributed by atoms with Crippen molar-refractivity contribution in [2.24, 2.45) is 0 Å². The Kier molecular flexibility index (Phi) is 4.34. The molecule has 3 nitrogen and oxygen atoms in total. The largest absolute Gasteiger partial charge is 0.355 e. The Morgan fingerprint density at radius 1 is 1.55 bits per heavy atom. The molecule has 0 bridgehead atoms. The van der Waals surface area contributed by atoms with E-state index in [9.17, 15) is 4.57 Å². The summed E-state index contributed by atoms with van der Waals surface area (Å²) >= 11 is 0. The standard InChI is InChI=1S/C7H13O3P/c1-3-5-6-7(4-2)11(8,9)10/h4-6H,3H2,1-2H3,(H2,8,9,10)/b6-5-,7-4+. The molecule has 0 radical (unpaired) electrons. The summed E-state index contributed by atoms with van der Waals surface area (Å²) in [6.07, 6.45) is 5.37. The minimum atomic E-state index is -4.03. The van der Waals surface area contributed by atoms with E-state index < -0.39 is 7.60 Å². The Balaban J connectivity index is 4.47. The molecule has 4 heteroatoms. The molecule has 0 heterocycles. The number of hydrogen-bond acceptors (Lipinski definition) is 1. The van der Waals surface area contributed by atoms with Gasteiger partial charge in [0.1, 0.15) is 0 Å². The molecule has 0 aliphatic heterocycles. The number of hydrogen-bond donors (Lipinski definition) is 2. The van der Waals surface area contributed by atoms with E-state index in [0.29, 0.717) is 0 Å². The molecule has 64 valence electrons. The normalized spacial score (nSPS) is 14.4. The lowest BCUT2D eigenvalue weighted by Gasteiger charge is -2.02. The van der Waals surface area contributed by atoms with Crippen molar-refractivity contribution in [2.75, 3.05) is 0 Å². The predicted octanol–water partition coefficient (Wildman–Crippen LogP) is 2.03. The van der Waals surface area contributed by atoms with Crippen molar-refractivity contribution in [3.8, 4) is 0 Å². The fourth-order valence-electron chi connectivity index (χ4n) is 0.600. The van der Waals surface area contributed by atoms with Crippen LogP contribution in [0.4, 0.5) is 0 Å². The van der Waals surface area contributed by atoms with Crippen molar-refractivity contribution in [2.45, 2.75) is 20.3 Å². The van der Waals surface area contributed by atoms with Crippen molar-refractivity contribution < 1.29 is 14.4 Å². The Morgan fingerprint density at radius 3 is 2.36 bits per heavy atom. The van der Waals surface area contributed by atoms with E-state index in [0.717, 1.165) is 6.42 Å². The van der Waals surface area contributed by atoms with E-state index in [1.807, 2.05) is 6.92 Å². The molecule has 11 heavy (non-hydrogen) atoms. The summed E-state index contributed by atoms with van der Waals surface area (Å²) in [5.41, 5.74) is 0. The summed E-state index contributed by atoms with van der Waals surface area (Å²) in [4.78, 5) is 17.4. The van der Waals surface area contributed by atoms with Crippen LogP contribution in [0.25, 0.3) is 0 Å². The molecule has 0 aromatic heterocycles. The maximum absolute atomic E-state index is 10.6. The van der Waals surface area contributed by atoms with Gasteiger partial charge in [-0.05, 0) is 13.3 Å². The lowest BCUT2D eigenvalue weighted by atomic mass is 10.4. The van der Waals surface area contributed by atoms with E-state index in [2.05, 4.69) is 0 Å². The molecule has 0 spiro atoms. The van der Waals surface area contributed by atoms with Crippen LogP contribution in [-0.4, -0.2) is 9.79 Å². The zero-order valence-corrected chi connectivity index (χ0v) is 7.58. The lowest BCUT2D eigenvalue weighted by molar-refractivity contribution is 0.383. The number of rotatable bonds is 3.